The van der Waals surface area contributed by atoms with Crippen molar-refractivity contribution in [2.75, 3.05) is 33.3 Å². The SMILES string of the molecule is CN(CC1(O)CCN(C(=O)OC(C)(C)C)C1)C(=O)OCC1c2ccccc2-c2ccccc21. The Labute approximate surface area is 194 Å². The minimum atomic E-state index is -1.20. The van der Waals surface area contributed by atoms with Crippen LogP contribution in [0.25, 0.3) is 11.1 Å². The summed E-state index contributed by atoms with van der Waals surface area (Å²) >= 11 is 0. The number of aliphatic hydroxyl groups is 1. The molecule has 0 bridgehead atoms. The van der Waals surface area contributed by atoms with Gasteiger partial charge in [0.05, 0.1) is 13.1 Å². The van der Waals surface area contributed by atoms with Crippen LogP contribution in [0.5, 0.6) is 0 Å². The number of likely N-dealkylation sites (tertiary alicyclic amines) is 1. The van der Waals surface area contributed by atoms with Gasteiger partial charge < -0.3 is 24.4 Å². The average molecular weight is 453 g/mol. The lowest BCUT2D eigenvalue weighted by Gasteiger charge is -2.29. The number of fused-ring (bicyclic) bond motifs is 3. The Morgan fingerprint density at radius 1 is 1.09 bits per heavy atom. The number of carbonyl (C=O) groups is 2. The van der Waals surface area contributed by atoms with E-state index in [4.69, 9.17) is 9.47 Å². The molecule has 4 rings (SSSR count). The molecule has 1 atom stereocenters. The number of hydrogen-bond donors (Lipinski definition) is 1. The summed E-state index contributed by atoms with van der Waals surface area (Å²) in [7, 11) is 1.60. The second kappa shape index (κ2) is 8.71. The number of ether oxygens (including phenoxy) is 2. The molecule has 0 radical (unpaired) electrons. The largest absolute Gasteiger partial charge is 0.448 e. The van der Waals surface area contributed by atoms with Crippen molar-refractivity contribution in [1.29, 1.82) is 0 Å². The first-order valence-electron chi connectivity index (χ1n) is 11.3. The monoisotopic (exact) mass is 452 g/mol. The fourth-order valence-corrected chi connectivity index (χ4v) is 4.68. The van der Waals surface area contributed by atoms with E-state index in [1.165, 1.54) is 20.9 Å². The quantitative estimate of drug-likeness (QED) is 0.751. The number of rotatable bonds is 4. The average Bonchev–Trinajstić information content (AvgIpc) is 3.29. The highest BCUT2D eigenvalue weighted by atomic mass is 16.6. The van der Waals surface area contributed by atoms with E-state index in [2.05, 4.69) is 24.3 Å². The summed E-state index contributed by atoms with van der Waals surface area (Å²) in [6, 6.07) is 16.4. The second-order valence-electron chi connectivity index (χ2n) is 10.0. The van der Waals surface area contributed by atoms with Gasteiger partial charge in [0.1, 0.15) is 17.8 Å². The van der Waals surface area contributed by atoms with Crippen LogP contribution < -0.4 is 0 Å². The van der Waals surface area contributed by atoms with Gasteiger partial charge in [-0.05, 0) is 49.4 Å². The van der Waals surface area contributed by atoms with E-state index in [1.807, 2.05) is 24.3 Å². The molecule has 0 spiro atoms. The van der Waals surface area contributed by atoms with E-state index in [-0.39, 0.29) is 25.6 Å². The summed E-state index contributed by atoms with van der Waals surface area (Å²) in [4.78, 5) is 27.9. The van der Waals surface area contributed by atoms with Crippen LogP contribution in [0.15, 0.2) is 48.5 Å². The zero-order valence-corrected chi connectivity index (χ0v) is 19.7. The van der Waals surface area contributed by atoms with E-state index in [0.717, 1.165) is 11.1 Å². The maximum absolute atomic E-state index is 12.7. The molecule has 1 aliphatic heterocycles. The summed E-state index contributed by atoms with van der Waals surface area (Å²) in [6.45, 7) is 6.20. The van der Waals surface area contributed by atoms with Gasteiger partial charge in [0.2, 0.25) is 0 Å². The molecule has 0 saturated carbocycles. The van der Waals surface area contributed by atoms with Gasteiger partial charge >= 0.3 is 12.2 Å². The molecule has 2 amide bonds. The number of likely N-dealkylation sites (N-methyl/N-ethyl adjacent to an activating group) is 1. The predicted octanol–water partition coefficient (Wildman–Crippen LogP) is 4.24. The molecule has 2 aliphatic rings. The third kappa shape index (κ3) is 4.98. The number of β-amino-alcohol motifs (C(OH)–C–C–N with tert-alkyl or cyclic N) is 1. The molecular weight excluding hydrogens is 420 g/mol. The maximum Gasteiger partial charge on any atom is 0.410 e. The van der Waals surface area contributed by atoms with E-state index < -0.39 is 23.4 Å². The van der Waals surface area contributed by atoms with Crippen molar-refractivity contribution < 1.29 is 24.2 Å². The van der Waals surface area contributed by atoms with Gasteiger partial charge in [-0.1, -0.05) is 48.5 Å². The molecular formula is C26H32N2O5. The van der Waals surface area contributed by atoms with Crippen LogP contribution in [0.4, 0.5) is 9.59 Å². The maximum atomic E-state index is 12.7. The first kappa shape index (κ1) is 23.1. The van der Waals surface area contributed by atoms with E-state index >= 15 is 0 Å². The smallest absolute Gasteiger partial charge is 0.410 e. The molecule has 2 aromatic rings. The van der Waals surface area contributed by atoms with Gasteiger partial charge in [0.15, 0.2) is 0 Å². The number of benzene rings is 2. The fourth-order valence-electron chi connectivity index (χ4n) is 4.68. The van der Waals surface area contributed by atoms with Gasteiger partial charge in [0.25, 0.3) is 0 Å². The topological polar surface area (TPSA) is 79.3 Å². The van der Waals surface area contributed by atoms with Crippen LogP contribution >= 0.6 is 0 Å². The molecule has 1 heterocycles. The minimum Gasteiger partial charge on any atom is -0.448 e. The Morgan fingerprint density at radius 3 is 2.24 bits per heavy atom. The standard InChI is InChI=1S/C26H32N2O5/c1-25(2,3)33-24(30)28-14-13-26(31,17-28)16-27(4)23(29)32-15-22-20-11-7-5-9-18(20)19-10-6-8-12-21(19)22/h5-12,22,31H,13-17H2,1-4H3. The van der Waals surface area contributed by atoms with Crippen molar-refractivity contribution in [1.82, 2.24) is 9.80 Å². The van der Waals surface area contributed by atoms with Crippen molar-refractivity contribution >= 4 is 12.2 Å². The number of nitrogens with zero attached hydrogens (tertiary/aromatic N) is 2. The molecule has 1 fully saturated rings. The molecule has 1 unspecified atom stereocenters. The Bertz CT molecular complexity index is 1000. The number of carbonyl (C=O) groups excluding carboxylic acids is 2. The summed E-state index contributed by atoms with van der Waals surface area (Å²) in [5.74, 6) is -0.0213. The molecule has 7 nitrogen and oxygen atoms in total. The number of amides is 2. The lowest BCUT2D eigenvalue weighted by molar-refractivity contribution is 0.00248. The Balaban J connectivity index is 1.35. The van der Waals surface area contributed by atoms with Crippen LogP contribution in [-0.2, 0) is 9.47 Å². The lowest BCUT2D eigenvalue weighted by atomic mass is 9.98. The minimum absolute atomic E-state index is 0.0213. The Hall–Kier alpha value is -3.06. The molecule has 33 heavy (non-hydrogen) atoms. The number of hydrogen-bond acceptors (Lipinski definition) is 5. The van der Waals surface area contributed by atoms with Crippen LogP contribution in [0, 0.1) is 0 Å². The second-order valence-corrected chi connectivity index (χ2v) is 10.0. The highest BCUT2D eigenvalue weighted by Crippen LogP contribution is 2.44. The molecule has 1 aliphatic carbocycles. The van der Waals surface area contributed by atoms with E-state index in [0.29, 0.717) is 13.0 Å². The summed E-state index contributed by atoms with van der Waals surface area (Å²) in [5.41, 5.74) is 2.84. The van der Waals surface area contributed by atoms with Crippen LogP contribution in [-0.4, -0.2) is 71.6 Å². The van der Waals surface area contributed by atoms with Crippen molar-refractivity contribution in [2.45, 2.75) is 44.3 Å². The van der Waals surface area contributed by atoms with E-state index in [9.17, 15) is 14.7 Å². The molecule has 1 N–H and O–H groups in total. The van der Waals surface area contributed by atoms with Gasteiger partial charge in [-0.2, -0.15) is 0 Å². The molecule has 7 heteroatoms. The molecule has 1 saturated heterocycles. The van der Waals surface area contributed by atoms with Gasteiger partial charge in [0, 0.05) is 19.5 Å². The summed E-state index contributed by atoms with van der Waals surface area (Å²) in [6.07, 6.45) is -0.587. The Kier molecular flexibility index (Phi) is 6.10. The lowest BCUT2D eigenvalue weighted by Crippen LogP contribution is -2.47. The van der Waals surface area contributed by atoms with Crippen LogP contribution in [0.1, 0.15) is 44.2 Å². The predicted molar refractivity (Wildman–Crippen MR) is 125 cm³/mol. The third-order valence-corrected chi connectivity index (χ3v) is 6.16. The summed E-state index contributed by atoms with van der Waals surface area (Å²) in [5, 5.41) is 11.0. The zero-order valence-electron chi connectivity index (χ0n) is 19.7. The van der Waals surface area contributed by atoms with Crippen molar-refractivity contribution in [2.24, 2.45) is 0 Å². The third-order valence-electron chi connectivity index (χ3n) is 6.16. The van der Waals surface area contributed by atoms with Gasteiger partial charge in [-0.25, -0.2) is 9.59 Å². The molecule has 2 aromatic carbocycles. The first-order valence-corrected chi connectivity index (χ1v) is 11.3. The highest BCUT2D eigenvalue weighted by Gasteiger charge is 2.41. The Morgan fingerprint density at radius 2 is 1.67 bits per heavy atom. The first-order chi connectivity index (χ1) is 15.6. The fraction of sp³-hybridized carbons (Fsp3) is 0.462. The van der Waals surface area contributed by atoms with Crippen molar-refractivity contribution in [3.63, 3.8) is 0 Å². The molecule has 0 aromatic heterocycles. The van der Waals surface area contributed by atoms with Gasteiger partial charge in [-0.3, -0.25) is 0 Å². The van der Waals surface area contributed by atoms with Crippen LogP contribution in [0.2, 0.25) is 0 Å². The molecule has 176 valence electrons. The zero-order chi connectivity index (χ0) is 23.8. The van der Waals surface area contributed by atoms with Crippen LogP contribution in [0.3, 0.4) is 0 Å². The van der Waals surface area contributed by atoms with E-state index in [1.54, 1.807) is 27.8 Å². The van der Waals surface area contributed by atoms with Gasteiger partial charge in [-0.15, -0.1) is 0 Å². The highest BCUT2D eigenvalue weighted by molar-refractivity contribution is 5.79. The summed E-state index contributed by atoms with van der Waals surface area (Å²) < 4.78 is 11.1. The van der Waals surface area contributed by atoms with Crippen molar-refractivity contribution in [3.05, 3.63) is 59.7 Å². The van der Waals surface area contributed by atoms with Crippen molar-refractivity contribution in [3.8, 4) is 11.1 Å². The normalized spacial score (nSPS) is 19.7.